The van der Waals surface area contributed by atoms with E-state index in [9.17, 15) is 0 Å². The van der Waals surface area contributed by atoms with Crippen molar-refractivity contribution < 1.29 is 9.47 Å². The predicted molar refractivity (Wildman–Crippen MR) is 48.3 cm³/mol. The molecule has 1 rings (SSSR count). The van der Waals surface area contributed by atoms with E-state index in [2.05, 4.69) is 12.2 Å². The average molecular weight is 173 g/mol. The Kier molecular flexibility index (Phi) is 3.98. The number of ether oxygens (including phenoxy) is 2. The van der Waals surface area contributed by atoms with Crippen molar-refractivity contribution in [3.63, 3.8) is 0 Å². The molecule has 3 unspecified atom stereocenters. The summed E-state index contributed by atoms with van der Waals surface area (Å²) in [7, 11) is 3.50. The molecule has 12 heavy (non-hydrogen) atoms. The Morgan fingerprint density at radius 1 is 1.42 bits per heavy atom. The fraction of sp³-hybridized carbons (Fsp3) is 1.00. The first kappa shape index (κ1) is 9.96. The van der Waals surface area contributed by atoms with E-state index in [4.69, 9.17) is 9.47 Å². The van der Waals surface area contributed by atoms with E-state index in [1.54, 1.807) is 14.2 Å². The van der Waals surface area contributed by atoms with Crippen molar-refractivity contribution in [1.29, 1.82) is 0 Å². The lowest BCUT2D eigenvalue weighted by Gasteiger charge is -2.38. The van der Waals surface area contributed by atoms with Crippen molar-refractivity contribution >= 4 is 0 Å². The highest BCUT2D eigenvalue weighted by Gasteiger charge is 2.28. The van der Waals surface area contributed by atoms with Crippen molar-refractivity contribution in [3.05, 3.63) is 0 Å². The lowest BCUT2D eigenvalue weighted by Crippen LogP contribution is -2.55. The summed E-state index contributed by atoms with van der Waals surface area (Å²) in [6, 6.07) is 1.21. The van der Waals surface area contributed by atoms with Crippen molar-refractivity contribution in [2.24, 2.45) is 0 Å². The standard InChI is InChI=1S/C9H19NO2/c1-7(12-3)4-8-5-9(10-8)6-11-2/h7-10H,4-6H2,1-3H3. The molecule has 3 nitrogen and oxygen atoms in total. The number of hydrogen-bond donors (Lipinski definition) is 1. The van der Waals surface area contributed by atoms with Gasteiger partial charge in [0.2, 0.25) is 0 Å². The molecule has 0 aliphatic carbocycles. The van der Waals surface area contributed by atoms with Crippen molar-refractivity contribution in [3.8, 4) is 0 Å². The van der Waals surface area contributed by atoms with E-state index < -0.39 is 0 Å². The summed E-state index contributed by atoms with van der Waals surface area (Å²) in [4.78, 5) is 0. The van der Waals surface area contributed by atoms with E-state index in [-0.39, 0.29) is 0 Å². The van der Waals surface area contributed by atoms with Crippen molar-refractivity contribution in [1.82, 2.24) is 5.32 Å². The molecule has 0 radical (unpaired) electrons. The van der Waals surface area contributed by atoms with Gasteiger partial charge in [-0.2, -0.15) is 0 Å². The molecular weight excluding hydrogens is 154 g/mol. The van der Waals surface area contributed by atoms with Gasteiger partial charge in [0.25, 0.3) is 0 Å². The molecule has 0 aromatic rings. The zero-order chi connectivity index (χ0) is 8.97. The Hall–Kier alpha value is -0.120. The lowest BCUT2D eigenvalue weighted by atomic mass is 9.93. The highest BCUT2D eigenvalue weighted by atomic mass is 16.5. The Morgan fingerprint density at radius 2 is 2.08 bits per heavy atom. The molecule has 0 saturated carbocycles. The first-order chi connectivity index (χ1) is 5.76. The summed E-state index contributed by atoms with van der Waals surface area (Å²) in [5.41, 5.74) is 0. The molecule has 1 heterocycles. The van der Waals surface area contributed by atoms with Gasteiger partial charge in [-0.25, -0.2) is 0 Å². The van der Waals surface area contributed by atoms with Gasteiger partial charge < -0.3 is 14.8 Å². The molecule has 1 saturated heterocycles. The van der Waals surface area contributed by atoms with Gasteiger partial charge in [0.05, 0.1) is 12.7 Å². The lowest BCUT2D eigenvalue weighted by molar-refractivity contribution is 0.0626. The van der Waals surface area contributed by atoms with E-state index in [1.165, 1.54) is 6.42 Å². The predicted octanol–water partition coefficient (Wildman–Crippen LogP) is 0.788. The summed E-state index contributed by atoms with van der Waals surface area (Å²) in [6.07, 6.45) is 2.70. The molecule has 0 aromatic heterocycles. The van der Waals surface area contributed by atoms with Gasteiger partial charge in [0.1, 0.15) is 0 Å². The summed E-state index contributed by atoms with van der Waals surface area (Å²) in [5, 5.41) is 3.44. The van der Waals surface area contributed by atoms with Crippen LogP contribution in [-0.4, -0.2) is 39.0 Å². The molecule has 1 aliphatic heterocycles. The number of rotatable bonds is 5. The Bertz CT molecular complexity index is 124. The van der Waals surface area contributed by atoms with Gasteiger partial charge in [-0.05, 0) is 19.8 Å². The molecule has 3 heteroatoms. The van der Waals surface area contributed by atoms with E-state index in [0.717, 1.165) is 13.0 Å². The second kappa shape index (κ2) is 4.80. The van der Waals surface area contributed by atoms with Gasteiger partial charge in [-0.3, -0.25) is 0 Å². The fourth-order valence-corrected chi connectivity index (χ4v) is 1.63. The topological polar surface area (TPSA) is 30.5 Å². The molecule has 1 N–H and O–H groups in total. The number of hydrogen-bond acceptors (Lipinski definition) is 3. The van der Waals surface area contributed by atoms with Crippen LogP contribution in [0.2, 0.25) is 0 Å². The third kappa shape index (κ3) is 2.73. The Labute approximate surface area is 74.4 Å². The summed E-state index contributed by atoms with van der Waals surface area (Å²) in [6.45, 7) is 2.93. The first-order valence-electron chi connectivity index (χ1n) is 4.54. The van der Waals surface area contributed by atoms with Crippen LogP contribution in [0.25, 0.3) is 0 Å². The Balaban J connectivity index is 2.01. The number of methoxy groups -OCH3 is 2. The van der Waals surface area contributed by atoms with Gasteiger partial charge in [-0.15, -0.1) is 0 Å². The van der Waals surface area contributed by atoms with E-state index >= 15 is 0 Å². The second-order valence-electron chi connectivity index (χ2n) is 3.53. The third-order valence-electron chi connectivity index (χ3n) is 2.43. The minimum absolute atomic E-state index is 0.367. The molecule has 0 amide bonds. The molecule has 72 valence electrons. The Morgan fingerprint density at radius 3 is 2.58 bits per heavy atom. The largest absolute Gasteiger partial charge is 0.383 e. The maximum absolute atomic E-state index is 5.18. The van der Waals surface area contributed by atoms with E-state index in [0.29, 0.717) is 18.2 Å². The van der Waals surface area contributed by atoms with Crippen LogP contribution in [0.15, 0.2) is 0 Å². The summed E-state index contributed by atoms with van der Waals surface area (Å²) >= 11 is 0. The maximum atomic E-state index is 5.18. The quantitative estimate of drug-likeness (QED) is 0.666. The van der Waals surface area contributed by atoms with Crippen LogP contribution in [-0.2, 0) is 9.47 Å². The minimum Gasteiger partial charge on any atom is -0.383 e. The zero-order valence-electron chi connectivity index (χ0n) is 8.17. The minimum atomic E-state index is 0.367. The molecule has 0 aromatic carbocycles. The monoisotopic (exact) mass is 173 g/mol. The van der Waals surface area contributed by atoms with Crippen molar-refractivity contribution in [2.75, 3.05) is 20.8 Å². The second-order valence-corrected chi connectivity index (χ2v) is 3.53. The molecule has 3 atom stereocenters. The van der Waals surface area contributed by atoms with Crippen LogP contribution in [0, 0.1) is 0 Å². The number of nitrogens with one attached hydrogen (secondary N) is 1. The van der Waals surface area contributed by atoms with Gasteiger partial charge in [-0.1, -0.05) is 0 Å². The van der Waals surface area contributed by atoms with Crippen LogP contribution >= 0.6 is 0 Å². The summed E-state index contributed by atoms with van der Waals surface area (Å²) in [5.74, 6) is 0. The molecule has 0 bridgehead atoms. The average Bonchev–Trinajstić information content (AvgIpc) is 2.00. The SMILES string of the molecule is COCC1CC(CC(C)OC)N1. The summed E-state index contributed by atoms with van der Waals surface area (Å²) < 4.78 is 10.2. The molecule has 0 spiro atoms. The first-order valence-corrected chi connectivity index (χ1v) is 4.54. The van der Waals surface area contributed by atoms with Crippen LogP contribution in [0.3, 0.4) is 0 Å². The third-order valence-corrected chi connectivity index (χ3v) is 2.43. The van der Waals surface area contributed by atoms with Crippen LogP contribution in [0.4, 0.5) is 0 Å². The van der Waals surface area contributed by atoms with Crippen molar-refractivity contribution in [2.45, 2.75) is 38.0 Å². The van der Waals surface area contributed by atoms with Crippen LogP contribution < -0.4 is 5.32 Å². The van der Waals surface area contributed by atoms with Gasteiger partial charge in [0, 0.05) is 26.3 Å². The zero-order valence-corrected chi connectivity index (χ0v) is 8.17. The maximum Gasteiger partial charge on any atom is 0.0616 e. The smallest absolute Gasteiger partial charge is 0.0616 e. The highest BCUT2D eigenvalue weighted by Crippen LogP contribution is 2.17. The fourth-order valence-electron chi connectivity index (χ4n) is 1.63. The molecular formula is C9H19NO2. The highest BCUT2D eigenvalue weighted by molar-refractivity contribution is 4.89. The van der Waals surface area contributed by atoms with Gasteiger partial charge >= 0.3 is 0 Å². The van der Waals surface area contributed by atoms with E-state index in [1.807, 2.05) is 0 Å². The van der Waals surface area contributed by atoms with Crippen LogP contribution in [0.1, 0.15) is 19.8 Å². The molecule has 1 aliphatic rings. The molecule has 1 fully saturated rings. The van der Waals surface area contributed by atoms with Crippen LogP contribution in [0.5, 0.6) is 0 Å². The normalized spacial score (nSPS) is 31.2. The van der Waals surface area contributed by atoms with Gasteiger partial charge in [0.15, 0.2) is 0 Å².